The lowest BCUT2D eigenvalue weighted by Crippen LogP contribution is -2.26. The number of benzene rings is 1. The first-order chi connectivity index (χ1) is 9.88. The van der Waals surface area contributed by atoms with Gasteiger partial charge in [-0.05, 0) is 38.1 Å². The second-order valence-electron chi connectivity index (χ2n) is 5.65. The molecule has 2 aromatic rings. The van der Waals surface area contributed by atoms with Gasteiger partial charge < -0.3 is 10.3 Å². The van der Waals surface area contributed by atoms with Crippen LogP contribution in [0.25, 0.3) is 11.0 Å². The number of hydrogen-bond donors (Lipinski definition) is 1. The van der Waals surface area contributed by atoms with Gasteiger partial charge in [0.2, 0.25) is 0 Å². The van der Waals surface area contributed by atoms with Crippen molar-refractivity contribution in [2.24, 2.45) is 5.73 Å². The third-order valence-electron chi connectivity index (χ3n) is 4.15. The molecule has 0 unspecified atom stereocenters. The molecule has 4 heteroatoms. The first-order valence-corrected chi connectivity index (χ1v) is 7.75. The Morgan fingerprint density at radius 2 is 1.80 bits per heavy atom. The molecule has 1 aliphatic heterocycles. The van der Waals surface area contributed by atoms with Gasteiger partial charge in [-0.1, -0.05) is 25.0 Å². The van der Waals surface area contributed by atoms with Gasteiger partial charge >= 0.3 is 0 Å². The molecule has 20 heavy (non-hydrogen) atoms. The first-order valence-electron chi connectivity index (χ1n) is 7.75. The van der Waals surface area contributed by atoms with Gasteiger partial charge in [0.05, 0.1) is 17.6 Å². The number of rotatable bonds is 4. The molecule has 0 aliphatic carbocycles. The Hall–Kier alpha value is -1.39. The standard InChI is InChI=1S/C16H24N4/c17-9-12-20-15-8-4-3-7-14(15)18-16(20)13-19-10-5-1-2-6-11-19/h3-4,7-8H,1-2,5-6,9-13,17H2. The summed E-state index contributed by atoms with van der Waals surface area (Å²) in [4.78, 5) is 7.36. The average molecular weight is 272 g/mol. The minimum absolute atomic E-state index is 0.660. The van der Waals surface area contributed by atoms with Gasteiger partial charge in [0.15, 0.2) is 0 Å². The minimum atomic E-state index is 0.660. The molecule has 1 aromatic heterocycles. The Labute approximate surface area is 120 Å². The zero-order valence-corrected chi connectivity index (χ0v) is 12.1. The van der Waals surface area contributed by atoms with E-state index >= 15 is 0 Å². The molecule has 0 atom stereocenters. The van der Waals surface area contributed by atoms with Gasteiger partial charge in [-0.25, -0.2) is 4.98 Å². The van der Waals surface area contributed by atoms with E-state index in [1.165, 1.54) is 50.1 Å². The second kappa shape index (κ2) is 6.37. The number of aromatic nitrogens is 2. The fourth-order valence-electron chi connectivity index (χ4n) is 3.12. The summed E-state index contributed by atoms with van der Waals surface area (Å²) < 4.78 is 2.29. The molecule has 2 heterocycles. The maximum atomic E-state index is 5.78. The van der Waals surface area contributed by atoms with Crippen LogP contribution in [0.4, 0.5) is 0 Å². The predicted molar refractivity (Wildman–Crippen MR) is 82.5 cm³/mol. The van der Waals surface area contributed by atoms with Crippen LogP contribution in [0.1, 0.15) is 31.5 Å². The van der Waals surface area contributed by atoms with Crippen LogP contribution in [0, 0.1) is 0 Å². The summed E-state index contributed by atoms with van der Waals surface area (Å²) in [7, 11) is 0. The zero-order valence-electron chi connectivity index (χ0n) is 12.1. The van der Waals surface area contributed by atoms with Crippen molar-refractivity contribution in [3.8, 4) is 0 Å². The van der Waals surface area contributed by atoms with E-state index < -0.39 is 0 Å². The van der Waals surface area contributed by atoms with Crippen molar-refractivity contribution in [2.75, 3.05) is 19.6 Å². The van der Waals surface area contributed by atoms with Crippen molar-refractivity contribution in [1.82, 2.24) is 14.5 Å². The Morgan fingerprint density at radius 1 is 1.05 bits per heavy atom. The number of para-hydroxylation sites is 2. The van der Waals surface area contributed by atoms with Gasteiger partial charge in [0, 0.05) is 13.1 Å². The molecule has 2 N–H and O–H groups in total. The summed E-state index contributed by atoms with van der Waals surface area (Å²) >= 11 is 0. The predicted octanol–water partition coefficient (Wildman–Crippen LogP) is 2.37. The van der Waals surface area contributed by atoms with E-state index in [1.807, 2.05) is 0 Å². The van der Waals surface area contributed by atoms with Crippen LogP contribution in [-0.2, 0) is 13.1 Å². The normalized spacial score (nSPS) is 17.4. The summed E-state index contributed by atoms with van der Waals surface area (Å²) in [6.45, 7) is 4.86. The van der Waals surface area contributed by atoms with E-state index in [0.29, 0.717) is 6.54 Å². The van der Waals surface area contributed by atoms with Crippen LogP contribution < -0.4 is 5.73 Å². The molecule has 1 aromatic carbocycles. The van der Waals surface area contributed by atoms with E-state index in [4.69, 9.17) is 10.7 Å². The van der Waals surface area contributed by atoms with Crippen molar-refractivity contribution in [2.45, 2.75) is 38.8 Å². The molecule has 108 valence electrons. The van der Waals surface area contributed by atoms with Crippen LogP contribution in [-0.4, -0.2) is 34.1 Å². The van der Waals surface area contributed by atoms with Crippen LogP contribution in [0.5, 0.6) is 0 Å². The molecule has 1 aliphatic rings. The molecule has 0 spiro atoms. The second-order valence-corrected chi connectivity index (χ2v) is 5.65. The monoisotopic (exact) mass is 272 g/mol. The highest BCUT2D eigenvalue weighted by Crippen LogP contribution is 2.18. The number of nitrogens with zero attached hydrogens (tertiary/aromatic N) is 3. The van der Waals surface area contributed by atoms with E-state index in [1.54, 1.807) is 0 Å². The van der Waals surface area contributed by atoms with Crippen molar-refractivity contribution < 1.29 is 0 Å². The summed E-state index contributed by atoms with van der Waals surface area (Å²) in [5, 5.41) is 0. The number of hydrogen-bond acceptors (Lipinski definition) is 3. The van der Waals surface area contributed by atoms with Crippen LogP contribution in [0.15, 0.2) is 24.3 Å². The first kappa shape index (κ1) is 13.6. The van der Waals surface area contributed by atoms with Crippen molar-refractivity contribution in [3.63, 3.8) is 0 Å². The van der Waals surface area contributed by atoms with Gasteiger partial charge in [-0.3, -0.25) is 4.90 Å². The van der Waals surface area contributed by atoms with Crippen LogP contribution in [0.3, 0.4) is 0 Å². The lowest BCUT2D eigenvalue weighted by atomic mass is 10.2. The fraction of sp³-hybridized carbons (Fsp3) is 0.562. The molecule has 0 amide bonds. The molecule has 1 fully saturated rings. The summed E-state index contributed by atoms with van der Waals surface area (Å²) in [5.74, 6) is 1.17. The summed E-state index contributed by atoms with van der Waals surface area (Å²) in [6, 6.07) is 8.36. The van der Waals surface area contributed by atoms with Gasteiger partial charge in [0.25, 0.3) is 0 Å². The van der Waals surface area contributed by atoms with Gasteiger partial charge in [-0.2, -0.15) is 0 Å². The SMILES string of the molecule is NCCn1c(CN2CCCCCC2)nc2ccccc21. The fourth-order valence-corrected chi connectivity index (χ4v) is 3.12. The van der Waals surface area contributed by atoms with Crippen molar-refractivity contribution in [3.05, 3.63) is 30.1 Å². The molecule has 0 bridgehead atoms. The third-order valence-corrected chi connectivity index (χ3v) is 4.15. The molecule has 1 saturated heterocycles. The number of imidazole rings is 1. The number of fused-ring (bicyclic) bond motifs is 1. The lowest BCUT2D eigenvalue weighted by molar-refractivity contribution is 0.266. The topological polar surface area (TPSA) is 47.1 Å². The van der Waals surface area contributed by atoms with E-state index in [-0.39, 0.29) is 0 Å². The summed E-state index contributed by atoms with van der Waals surface area (Å²) in [5.41, 5.74) is 8.08. The molecule has 4 nitrogen and oxygen atoms in total. The highest BCUT2D eigenvalue weighted by molar-refractivity contribution is 5.75. The van der Waals surface area contributed by atoms with Crippen LogP contribution in [0.2, 0.25) is 0 Å². The Kier molecular flexibility index (Phi) is 4.33. The molecule has 0 saturated carbocycles. The van der Waals surface area contributed by atoms with Crippen molar-refractivity contribution in [1.29, 1.82) is 0 Å². The van der Waals surface area contributed by atoms with Gasteiger partial charge in [-0.15, -0.1) is 0 Å². The lowest BCUT2D eigenvalue weighted by Gasteiger charge is -2.20. The Morgan fingerprint density at radius 3 is 2.55 bits per heavy atom. The third kappa shape index (κ3) is 2.86. The maximum absolute atomic E-state index is 5.78. The minimum Gasteiger partial charge on any atom is -0.329 e. The molecule has 0 radical (unpaired) electrons. The Balaban J connectivity index is 1.87. The largest absolute Gasteiger partial charge is 0.329 e. The van der Waals surface area contributed by atoms with Crippen LogP contribution >= 0.6 is 0 Å². The van der Waals surface area contributed by atoms with E-state index in [0.717, 1.165) is 18.6 Å². The van der Waals surface area contributed by atoms with Crippen molar-refractivity contribution >= 4 is 11.0 Å². The summed E-state index contributed by atoms with van der Waals surface area (Å²) in [6.07, 6.45) is 5.37. The average Bonchev–Trinajstić information content (AvgIpc) is 2.64. The zero-order chi connectivity index (χ0) is 13.8. The quantitative estimate of drug-likeness (QED) is 0.929. The van der Waals surface area contributed by atoms with Gasteiger partial charge in [0.1, 0.15) is 5.82 Å². The maximum Gasteiger partial charge on any atom is 0.124 e. The van der Waals surface area contributed by atoms with E-state index in [2.05, 4.69) is 33.7 Å². The smallest absolute Gasteiger partial charge is 0.124 e. The Bertz CT molecular complexity index is 553. The molecular weight excluding hydrogens is 248 g/mol. The molecular formula is C16H24N4. The number of likely N-dealkylation sites (tertiary alicyclic amines) is 1. The molecule has 3 rings (SSSR count). The highest BCUT2D eigenvalue weighted by Gasteiger charge is 2.15. The number of nitrogens with two attached hydrogens (primary N) is 1. The van der Waals surface area contributed by atoms with E-state index in [9.17, 15) is 0 Å². The highest BCUT2D eigenvalue weighted by atomic mass is 15.2.